The van der Waals surface area contributed by atoms with Crippen molar-refractivity contribution >= 4 is 60.5 Å². The Kier molecular flexibility index (Phi) is 8.62. The Morgan fingerprint density at radius 2 is 0.983 bits per heavy atom. The van der Waals surface area contributed by atoms with Crippen LogP contribution in [0.2, 0.25) is 0 Å². The van der Waals surface area contributed by atoms with Crippen molar-refractivity contribution in [1.82, 2.24) is 0 Å². The van der Waals surface area contributed by atoms with E-state index in [1.807, 2.05) is 6.07 Å². The zero-order valence-electron chi connectivity index (χ0n) is 32.4. The lowest BCUT2D eigenvalue weighted by Gasteiger charge is -2.30. The summed E-state index contributed by atoms with van der Waals surface area (Å²) in [6.07, 6.45) is 6.46. The van der Waals surface area contributed by atoms with E-state index in [0.717, 1.165) is 50.1 Å². The van der Waals surface area contributed by atoms with Crippen molar-refractivity contribution in [2.24, 2.45) is 0 Å². The van der Waals surface area contributed by atoms with Gasteiger partial charge >= 0.3 is 0 Å². The smallest absolute Gasteiger partial charge is 0.143 e. The fourth-order valence-corrected chi connectivity index (χ4v) is 9.75. The van der Waals surface area contributed by atoms with Gasteiger partial charge in [0.2, 0.25) is 0 Å². The minimum atomic E-state index is 0.580. The van der Waals surface area contributed by atoms with Crippen LogP contribution < -0.4 is 4.90 Å². The van der Waals surface area contributed by atoms with Gasteiger partial charge < -0.3 is 9.32 Å². The molecular formula is C56H43NO. The summed E-state index contributed by atoms with van der Waals surface area (Å²) in [7, 11) is 0. The molecular weight excluding hydrogens is 703 g/mol. The van der Waals surface area contributed by atoms with E-state index in [1.165, 1.54) is 81.5 Å². The molecule has 10 aromatic rings. The SMILES string of the molecule is c1cc(-c2cccc3ccccc23)cc(N(c2cccc(-c3cccc4c3oc3ccccc34)c2)c2ccccc2-c2cccc3cccc(C4CCCCC4)c23)c1. The molecule has 0 atom stereocenters. The van der Waals surface area contributed by atoms with Crippen LogP contribution in [0.25, 0.3) is 76.9 Å². The van der Waals surface area contributed by atoms with Crippen LogP contribution in [0.3, 0.4) is 0 Å². The third-order valence-electron chi connectivity index (χ3n) is 12.4. The molecule has 0 unspecified atom stereocenters. The van der Waals surface area contributed by atoms with Gasteiger partial charge in [-0.15, -0.1) is 0 Å². The highest BCUT2D eigenvalue weighted by atomic mass is 16.3. The lowest BCUT2D eigenvalue weighted by atomic mass is 9.80. The standard InChI is InChI=1S/C56H43NO/c1-2-16-39(17-3-1)47-30-13-20-40-21-14-32-51(55(40)47)49-27-6-8-34-53(49)57(43-24-10-22-41(36-43)46-29-12-19-38-18-4-5-26-45(38)46)44-25-11-23-42(37-44)48-31-15-33-52-50-28-7-9-35-54(50)58-56(48)52/h4-15,18-37,39H,1-3,16-17H2. The molecule has 1 aliphatic carbocycles. The molecule has 1 heterocycles. The summed E-state index contributed by atoms with van der Waals surface area (Å²) in [5, 5.41) is 7.46. The third kappa shape index (κ3) is 5.96. The Bertz CT molecular complexity index is 3120. The third-order valence-corrected chi connectivity index (χ3v) is 12.4. The van der Waals surface area contributed by atoms with E-state index in [4.69, 9.17) is 4.42 Å². The van der Waals surface area contributed by atoms with Crippen LogP contribution in [0.1, 0.15) is 43.6 Å². The molecule has 9 aromatic carbocycles. The second-order valence-corrected chi connectivity index (χ2v) is 15.8. The molecule has 0 spiro atoms. The number of nitrogens with zero attached hydrogens (tertiary/aromatic N) is 1. The number of rotatable bonds is 7. The first-order valence-corrected chi connectivity index (χ1v) is 20.8. The highest BCUT2D eigenvalue weighted by Gasteiger charge is 2.23. The first-order chi connectivity index (χ1) is 28.8. The average Bonchev–Trinajstić information content (AvgIpc) is 3.68. The molecule has 0 N–H and O–H groups in total. The maximum absolute atomic E-state index is 6.57. The summed E-state index contributed by atoms with van der Waals surface area (Å²) in [5.41, 5.74) is 13.8. The maximum atomic E-state index is 6.57. The molecule has 1 aromatic heterocycles. The molecule has 278 valence electrons. The Balaban J connectivity index is 1.14. The fraction of sp³-hybridized carbons (Fsp3) is 0.107. The van der Waals surface area contributed by atoms with Gasteiger partial charge in [-0.25, -0.2) is 0 Å². The molecule has 11 rings (SSSR count). The number of benzene rings is 9. The Hall–Kier alpha value is -6.90. The Morgan fingerprint density at radius 1 is 0.414 bits per heavy atom. The molecule has 58 heavy (non-hydrogen) atoms. The summed E-state index contributed by atoms with van der Waals surface area (Å²) in [6.45, 7) is 0. The predicted molar refractivity (Wildman–Crippen MR) is 246 cm³/mol. The van der Waals surface area contributed by atoms with E-state index in [0.29, 0.717) is 5.92 Å². The highest BCUT2D eigenvalue weighted by molar-refractivity contribution is 6.10. The van der Waals surface area contributed by atoms with Crippen molar-refractivity contribution in [3.05, 3.63) is 200 Å². The summed E-state index contributed by atoms with van der Waals surface area (Å²) in [4.78, 5) is 2.47. The van der Waals surface area contributed by atoms with Gasteiger partial charge in [0.05, 0.1) is 5.69 Å². The van der Waals surface area contributed by atoms with E-state index in [1.54, 1.807) is 0 Å². The van der Waals surface area contributed by atoms with Gasteiger partial charge in [0.15, 0.2) is 0 Å². The zero-order valence-corrected chi connectivity index (χ0v) is 32.4. The molecule has 0 amide bonds. The molecule has 1 saturated carbocycles. The van der Waals surface area contributed by atoms with Gasteiger partial charge in [-0.1, -0.05) is 177 Å². The lowest BCUT2D eigenvalue weighted by Crippen LogP contribution is -2.12. The summed E-state index contributed by atoms with van der Waals surface area (Å²) in [6, 6.07) is 71.0. The van der Waals surface area contributed by atoms with Crippen LogP contribution >= 0.6 is 0 Å². The normalized spacial score (nSPS) is 13.4. The van der Waals surface area contributed by atoms with Gasteiger partial charge in [-0.05, 0) is 105 Å². The van der Waals surface area contributed by atoms with E-state index < -0.39 is 0 Å². The van der Waals surface area contributed by atoms with Crippen LogP contribution in [0.5, 0.6) is 0 Å². The van der Waals surface area contributed by atoms with Crippen LogP contribution in [0.15, 0.2) is 199 Å². The van der Waals surface area contributed by atoms with E-state index in [2.05, 4.69) is 193 Å². The molecule has 0 bridgehead atoms. The number of para-hydroxylation sites is 3. The van der Waals surface area contributed by atoms with Crippen LogP contribution in [0, 0.1) is 0 Å². The van der Waals surface area contributed by atoms with Gasteiger partial charge in [0, 0.05) is 33.3 Å². The maximum Gasteiger partial charge on any atom is 0.143 e. The predicted octanol–water partition coefficient (Wildman–Crippen LogP) is 16.4. The quantitative estimate of drug-likeness (QED) is 0.162. The number of furan rings is 1. The van der Waals surface area contributed by atoms with Crippen molar-refractivity contribution in [3.63, 3.8) is 0 Å². The van der Waals surface area contributed by atoms with E-state index in [-0.39, 0.29) is 0 Å². The summed E-state index contributed by atoms with van der Waals surface area (Å²) >= 11 is 0. The average molecular weight is 746 g/mol. The minimum Gasteiger partial charge on any atom is -0.455 e. The molecule has 2 heteroatoms. The number of hydrogen-bond acceptors (Lipinski definition) is 2. The number of hydrogen-bond donors (Lipinski definition) is 0. The molecule has 1 aliphatic rings. The van der Waals surface area contributed by atoms with Crippen LogP contribution in [-0.4, -0.2) is 0 Å². The summed E-state index contributed by atoms with van der Waals surface area (Å²) in [5.74, 6) is 0.580. The monoisotopic (exact) mass is 745 g/mol. The molecule has 0 radical (unpaired) electrons. The number of anilines is 3. The Morgan fingerprint density at radius 3 is 1.81 bits per heavy atom. The first-order valence-electron chi connectivity index (χ1n) is 20.8. The topological polar surface area (TPSA) is 16.4 Å². The molecule has 1 fully saturated rings. The van der Waals surface area contributed by atoms with Gasteiger partial charge in [-0.3, -0.25) is 0 Å². The highest BCUT2D eigenvalue weighted by Crippen LogP contribution is 2.47. The zero-order chi connectivity index (χ0) is 38.4. The van der Waals surface area contributed by atoms with Crippen molar-refractivity contribution in [2.75, 3.05) is 4.90 Å². The summed E-state index contributed by atoms with van der Waals surface area (Å²) < 4.78 is 6.57. The van der Waals surface area contributed by atoms with Crippen LogP contribution in [0.4, 0.5) is 17.1 Å². The first kappa shape index (κ1) is 34.4. The van der Waals surface area contributed by atoms with Crippen molar-refractivity contribution in [2.45, 2.75) is 38.0 Å². The van der Waals surface area contributed by atoms with Gasteiger partial charge in [0.1, 0.15) is 11.2 Å². The Labute approximate surface area is 339 Å². The second kappa shape index (κ2) is 14.6. The largest absolute Gasteiger partial charge is 0.455 e. The van der Waals surface area contributed by atoms with Gasteiger partial charge in [-0.2, -0.15) is 0 Å². The van der Waals surface area contributed by atoms with Crippen molar-refractivity contribution in [1.29, 1.82) is 0 Å². The molecule has 0 saturated heterocycles. The van der Waals surface area contributed by atoms with Gasteiger partial charge in [0.25, 0.3) is 0 Å². The van der Waals surface area contributed by atoms with Crippen molar-refractivity contribution in [3.8, 4) is 33.4 Å². The van der Waals surface area contributed by atoms with Crippen LogP contribution in [-0.2, 0) is 0 Å². The number of fused-ring (bicyclic) bond motifs is 5. The van der Waals surface area contributed by atoms with E-state index >= 15 is 0 Å². The fourth-order valence-electron chi connectivity index (χ4n) is 9.75. The lowest BCUT2D eigenvalue weighted by molar-refractivity contribution is 0.445. The second-order valence-electron chi connectivity index (χ2n) is 15.8. The van der Waals surface area contributed by atoms with E-state index in [9.17, 15) is 0 Å². The minimum absolute atomic E-state index is 0.580. The van der Waals surface area contributed by atoms with Crippen molar-refractivity contribution < 1.29 is 4.42 Å². The molecule has 2 nitrogen and oxygen atoms in total. The molecule has 0 aliphatic heterocycles.